The Hall–Kier alpha value is -2.37. The van der Waals surface area contributed by atoms with E-state index in [1.165, 1.54) is 18.5 Å². The molecule has 1 aromatic carbocycles. The number of alkyl halides is 3. The number of hydrogen-bond donors (Lipinski definition) is 1. The topological polar surface area (TPSA) is 42.0 Å². The van der Waals surface area contributed by atoms with Gasteiger partial charge in [-0.15, -0.1) is 0 Å². The molecule has 0 saturated carbocycles. The van der Waals surface area contributed by atoms with E-state index in [4.69, 9.17) is 0 Å². The van der Waals surface area contributed by atoms with Gasteiger partial charge in [-0.25, -0.2) is 0 Å². The molecular formula is C17H17F3N2O. The van der Waals surface area contributed by atoms with Crippen molar-refractivity contribution in [3.63, 3.8) is 0 Å². The van der Waals surface area contributed by atoms with E-state index in [0.717, 1.165) is 18.6 Å². The smallest absolute Gasteiger partial charge is 0.350 e. The summed E-state index contributed by atoms with van der Waals surface area (Å²) in [4.78, 5) is 16.1. The Bertz CT molecular complexity index is 698. The third kappa shape index (κ3) is 4.31. The minimum Gasteiger partial charge on any atom is -0.350 e. The van der Waals surface area contributed by atoms with Gasteiger partial charge in [-0.1, -0.05) is 19.1 Å². The summed E-state index contributed by atoms with van der Waals surface area (Å²) < 4.78 is 38.4. The lowest BCUT2D eigenvalue weighted by molar-refractivity contribution is -0.137. The number of carbonyl (C=O) groups is 1. The maximum Gasteiger partial charge on any atom is 0.416 e. The van der Waals surface area contributed by atoms with Gasteiger partial charge in [0, 0.05) is 24.0 Å². The van der Waals surface area contributed by atoms with E-state index in [0.29, 0.717) is 16.7 Å². The molecule has 2 aromatic rings. The molecule has 0 aliphatic heterocycles. The second kappa shape index (κ2) is 6.81. The predicted molar refractivity (Wildman–Crippen MR) is 81.9 cm³/mol. The van der Waals surface area contributed by atoms with Crippen molar-refractivity contribution < 1.29 is 18.0 Å². The van der Waals surface area contributed by atoms with Crippen LogP contribution in [-0.4, -0.2) is 16.9 Å². The Balaban J connectivity index is 2.32. The summed E-state index contributed by atoms with van der Waals surface area (Å²) in [7, 11) is 0. The van der Waals surface area contributed by atoms with Crippen LogP contribution in [0.25, 0.3) is 11.1 Å². The monoisotopic (exact) mass is 322 g/mol. The fourth-order valence-electron chi connectivity index (χ4n) is 2.01. The lowest BCUT2D eigenvalue weighted by atomic mass is 10.0. The minimum atomic E-state index is -4.41. The van der Waals surface area contributed by atoms with Gasteiger partial charge in [0.2, 0.25) is 0 Å². The standard InChI is InChI=1S/C17H17F3N2O/c1-3-11(2)22-16(23)14-7-13(9-21-10-14)12-5-4-6-15(8-12)17(18,19)20/h4-11H,3H2,1-2H3,(H,22,23). The third-order valence-electron chi connectivity index (χ3n) is 3.51. The molecule has 0 fully saturated rings. The van der Waals surface area contributed by atoms with Crippen LogP contribution in [0.3, 0.4) is 0 Å². The van der Waals surface area contributed by atoms with Gasteiger partial charge in [0.15, 0.2) is 0 Å². The molecule has 0 spiro atoms. The van der Waals surface area contributed by atoms with Gasteiger partial charge in [-0.3, -0.25) is 9.78 Å². The molecule has 1 amide bonds. The molecule has 6 heteroatoms. The van der Waals surface area contributed by atoms with Crippen molar-refractivity contribution in [1.29, 1.82) is 0 Å². The van der Waals surface area contributed by atoms with E-state index >= 15 is 0 Å². The molecule has 122 valence electrons. The maximum absolute atomic E-state index is 12.8. The molecule has 0 radical (unpaired) electrons. The van der Waals surface area contributed by atoms with Crippen LogP contribution in [0.5, 0.6) is 0 Å². The molecule has 23 heavy (non-hydrogen) atoms. The summed E-state index contributed by atoms with van der Waals surface area (Å²) in [5, 5.41) is 2.80. The summed E-state index contributed by atoms with van der Waals surface area (Å²) in [5.74, 6) is -0.291. The molecule has 1 aromatic heterocycles. The highest BCUT2D eigenvalue weighted by Gasteiger charge is 2.30. The van der Waals surface area contributed by atoms with Gasteiger partial charge in [0.05, 0.1) is 11.1 Å². The highest BCUT2D eigenvalue weighted by atomic mass is 19.4. The van der Waals surface area contributed by atoms with Crippen LogP contribution in [0.15, 0.2) is 42.7 Å². The van der Waals surface area contributed by atoms with Crippen molar-refractivity contribution >= 4 is 5.91 Å². The fourth-order valence-corrected chi connectivity index (χ4v) is 2.01. The van der Waals surface area contributed by atoms with Crippen molar-refractivity contribution in [2.75, 3.05) is 0 Å². The molecule has 0 aliphatic rings. The van der Waals surface area contributed by atoms with Gasteiger partial charge in [0.1, 0.15) is 0 Å². The summed E-state index contributed by atoms with van der Waals surface area (Å²) in [6.07, 6.45) is -0.786. The molecule has 0 bridgehead atoms. The summed E-state index contributed by atoms with van der Waals surface area (Å²) in [6, 6.07) is 6.51. The number of halogens is 3. The first-order valence-electron chi connectivity index (χ1n) is 7.24. The zero-order chi connectivity index (χ0) is 17.0. The first-order valence-corrected chi connectivity index (χ1v) is 7.24. The van der Waals surface area contributed by atoms with Gasteiger partial charge >= 0.3 is 6.18 Å². The number of hydrogen-bond acceptors (Lipinski definition) is 2. The Morgan fingerprint density at radius 3 is 2.61 bits per heavy atom. The van der Waals surface area contributed by atoms with E-state index in [1.54, 1.807) is 12.1 Å². The second-order valence-corrected chi connectivity index (χ2v) is 5.32. The molecule has 1 heterocycles. The number of amides is 1. The molecule has 1 atom stereocenters. The zero-order valence-electron chi connectivity index (χ0n) is 12.8. The predicted octanol–water partition coefficient (Wildman–Crippen LogP) is 4.30. The van der Waals surface area contributed by atoms with Crippen molar-refractivity contribution in [2.45, 2.75) is 32.5 Å². The molecule has 0 saturated heterocycles. The third-order valence-corrected chi connectivity index (χ3v) is 3.51. The van der Waals surface area contributed by atoms with Crippen molar-refractivity contribution in [2.24, 2.45) is 0 Å². The quantitative estimate of drug-likeness (QED) is 0.912. The molecular weight excluding hydrogens is 305 g/mol. The molecule has 1 unspecified atom stereocenters. The summed E-state index contributed by atoms with van der Waals surface area (Å²) in [6.45, 7) is 3.82. The van der Waals surface area contributed by atoms with E-state index in [-0.39, 0.29) is 11.9 Å². The number of carbonyl (C=O) groups excluding carboxylic acids is 1. The van der Waals surface area contributed by atoms with Crippen molar-refractivity contribution in [3.8, 4) is 11.1 Å². The van der Waals surface area contributed by atoms with Crippen molar-refractivity contribution in [3.05, 3.63) is 53.9 Å². The number of aromatic nitrogens is 1. The van der Waals surface area contributed by atoms with Gasteiger partial charge in [-0.2, -0.15) is 13.2 Å². The van der Waals surface area contributed by atoms with E-state index in [2.05, 4.69) is 10.3 Å². The van der Waals surface area contributed by atoms with Crippen LogP contribution < -0.4 is 5.32 Å². The molecule has 1 N–H and O–H groups in total. The van der Waals surface area contributed by atoms with Gasteiger partial charge in [0.25, 0.3) is 5.91 Å². The lowest BCUT2D eigenvalue weighted by Crippen LogP contribution is -2.31. The maximum atomic E-state index is 12.8. The van der Waals surface area contributed by atoms with Crippen LogP contribution in [0.4, 0.5) is 13.2 Å². The van der Waals surface area contributed by atoms with Gasteiger partial charge < -0.3 is 5.32 Å². The first-order chi connectivity index (χ1) is 10.8. The minimum absolute atomic E-state index is 0.0136. The highest BCUT2D eigenvalue weighted by Crippen LogP contribution is 2.32. The first kappa shape index (κ1) is 17.0. The molecule has 0 aliphatic carbocycles. The summed E-state index contributed by atoms with van der Waals surface area (Å²) in [5.41, 5.74) is 0.420. The number of nitrogens with zero attached hydrogens (tertiary/aromatic N) is 1. The van der Waals surface area contributed by atoms with E-state index < -0.39 is 11.7 Å². The molecule has 2 rings (SSSR count). The Morgan fingerprint density at radius 1 is 1.22 bits per heavy atom. The highest BCUT2D eigenvalue weighted by molar-refractivity contribution is 5.95. The van der Waals surface area contributed by atoms with E-state index in [9.17, 15) is 18.0 Å². The average molecular weight is 322 g/mol. The van der Waals surface area contributed by atoms with Crippen LogP contribution in [0.2, 0.25) is 0 Å². The zero-order valence-corrected chi connectivity index (χ0v) is 12.8. The Kier molecular flexibility index (Phi) is 5.03. The van der Waals surface area contributed by atoms with Crippen LogP contribution in [0.1, 0.15) is 36.2 Å². The summed E-state index contributed by atoms with van der Waals surface area (Å²) >= 11 is 0. The number of pyridine rings is 1. The number of benzene rings is 1. The van der Waals surface area contributed by atoms with Gasteiger partial charge in [-0.05, 0) is 37.1 Å². The SMILES string of the molecule is CCC(C)NC(=O)c1cncc(-c2cccc(C(F)(F)F)c2)c1. The Labute approximate surface area is 132 Å². The number of nitrogens with one attached hydrogen (secondary N) is 1. The average Bonchev–Trinajstić information content (AvgIpc) is 2.54. The largest absolute Gasteiger partial charge is 0.416 e. The normalized spacial score (nSPS) is 12.7. The lowest BCUT2D eigenvalue weighted by Gasteiger charge is -2.12. The van der Waals surface area contributed by atoms with Crippen LogP contribution in [-0.2, 0) is 6.18 Å². The molecule has 3 nitrogen and oxygen atoms in total. The van der Waals surface area contributed by atoms with Crippen LogP contribution in [0, 0.1) is 0 Å². The Morgan fingerprint density at radius 2 is 1.96 bits per heavy atom. The van der Waals surface area contributed by atoms with Crippen LogP contribution >= 0.6 is 0 Å². The fraction of sp³-hybridized carbons (Fsp3) is 0.294. The van der Waals surface area contributed by atoms with Crippen molar-refractivity contribution in [1.82, 2.24) is 10.3 Å². The van der Waals surface area contributed by atoms with E-state index in [1.807, 2.05) is 13.8 Å². The number of rotatable bonds is 4. The second-order valence-electron chi connectivity index (χ2n) is 5.32.